The summed E-state index contributed by atoms with van der Waals surface area (Å²) in [5, 5.41) is 11.2. The molecule has 2 aromatic heterocycles. The van der Waals surface area contributed by atoms with Crippen LogP contribution in [0.2, 0.25) is 0 Å². The van der Waals surface area contributed by atoms with Gasteiger partial charge >= 0.3 is 5.97 Å². The molecule has 17 heavy (non-hydrogen) atoms. The van der Waals surface area contributed by atoms with E-state index in [1.54, 1.807) is 5.38 Å². The van der Waals surface area contributed by atoms with E-state index >= 15 is 0 Å². The summed E-state index contributed by atoms with van der Waals surface area (Å²) in [4.78, 5) is 14.8. The van der Waals surface area contributed by atoms with Crippen molar-refractivity contribution < 1.29 is 9.90 Å². The fourth-order valence-electron chi connectivity index (χ4n) is 1.78. The lowest BCUT2D eigenvalue weighted by molar-refractivity contribution is 0.0691. The first-order valence-electron chi connectivity index (χ1n) is 5.38. The molecule has 0 aliphatic rings. The summed E-state index contributed by atoms with van der Waals surface area (Å²) in [6.07, 6.45) is 0.772. The summed E-state index contributed by atoms with van der Waals surface area (Å²) < 4.78 is 2.21. The van der Waals surface area contributed by atoms with Gasteiger partial charge in [-0.2, -0.15) is 0 Å². The first-order chi connectivity index (χ1) is 8.08. The van der Waals surface area contributed by atoms with Crippen LogP contribution in [0.15, 0.2) is 17.5 Å². The van der Waals surface area contributed by atoms with E-state index in [-0.39, 0.29) is 5.69 Å². The zero-order valence-corrected chi connectivity index (χ0v) is 10.6. The number of thiazole rings is 1. The van der Waals surface area contributed by atoms with Gasteiger partial charge in [-0.1, -0.05) is 0 Å². The molecule has 0 fully saturated rings. The average molecular weight is 250 g/mol. The van der Waals surface area contributed by atoms with Crippen LogP contribution in [-0.4, -0.2) is 20.6 Å². The van der Waals surface area contributed by atoms with Crippen LogP contribution in [0.5, 0.6) is 0 Å². The fourth-order valence-corrected chi connectivity index (χ4v) is 2.54. The van der Waals surface area contributed by atoms with Crippen LogP contribution >= 0.6 is 11.3 Å². The molecular weight excluding hydrogens is 236 g/mol. The largest absolute Gasteiger partial charge is 0.476 e. The molecule has 0 radical (unpaired) electrons. The molecule has 0 saturated carbocycles. The molecule has 2 aromatic rings. The second kappa shape index (κ2) is 4.71. The Balaban J connectivity index is 2.05. The van der Waals surface area contributed by atoms with Gasteiger partial charge in [0.2, 0.25) is 0 Å². The van der Waals surface area contributed by atoms with Gasteiger partial charge in [-0.15, -0.1) is 11.3 Å². The minimum absolute atomic E-state index is 0.144. The lowest BCUT2D eigenvalue weighted by Crippen LogP contribution is -2.05. The van der Waals surface area contributed by atoms with Crippen molar-refractivity contribution in [3.8, 4) is 0 Å². The van der Waals surface area contributed by atoms with Gasteiger partial charge < -0.3 is 9.67 Å². The Labute approximate surface area is 104 Å². The van der Waals surface area contributed by atoms with Gasteiger partial charge in [-0.25, -0.2) is 9.78 Å². The third-order valence-corrected chi connectivity index (χ3v) is 3.65. The maximum Gasteiger partial charge on any atom is 0.355 e. The van der Waals surface area contributed by atoms with Crippen molar-refractivity contribution in [3.63, 3.8) is 0 Å². The van der Waals surface area contributed by atoms with Crippen LogP contribution in [-0.2, 0) is 13.0 Å². The molecule has 0 aliphatic heterocycles. The average Bonchev–Trinajstić information content (AvgIpc) is 2.85. The van der Waals surface area contributed by atoms with E-state index in [0.29, 0.717) is 0 Å². The zero-order valence-electron chi connectivity index (χ0n) is 9.80. The summed E-state index contributed by atoms with van der Waals surface area (Å²) in [5.41, 5.74) is 2.58. The number of carboxylic acid groups (broad SMARTS) is 1. The molecule has 0 bridgehead atoms. The van der Waals surface area contributed by atoms with Crippen molar-refractivity contribution in [2.24, 2.45) is 0 Å². The van der Waals surface area contributed by atoms with Gasteiger partial charge in [-0.05, 0) is 26.0 Å². The number of hydrogen-bond donors (Lipinski definition) is 1. The fraction of sp³-hybridized carbons (Fsp3) is 0.333. The van der Waals surface area contributed by atoms with Crippen LogP contribution in [0.4, 0.5) is 0 Å². The molecular formula is C12H14N2O2S. The molecule has 0 spiro atoms. The number of aromatic carboxylic acids is 1. The third kappa shape index (κ3) is 2.55. The quantitative estimate of drug-likeness (QED) is 0.907. The highest BCUT2D eigenvalue weighted by atomic mass is 32.1. The normalized spacial score (nSPS) is 10.7. The van der Waals surface area contributed by atoms with Gasteiger partial charge in [0.25, 0.3) is 0 Å². The van der Waals surface area contributed by atoms with Crippen LogP contribution in [0, 0.1) is 13.8 Å². The molecule has 0 atom stereocenters. The zero-order chi connectivity index (χ0) is 12.4. The van der Waals surface area contributed by atoms with Gasteiger partial charge in [0.1, 0.15) is 0 Å². The van der Waals surface area contributed by atoms with Crippen LogP contribution in [0.25, 0.3) is 0 Å². The van der Waals surface area contributed by atoms with Crippen molar-refractivity contribution in [1.82, 2.24) is 9.55 Å². The maximum atomic E-state index is 10.7. The van der Waals surface area contributed by atoms with E-state index in [2.05, 4.69) is 35.5 Å². The molecule has 0 aliphatic carbocycles. The molecule has 90 valence electrons. The predicted molar refractivity (Wildman–Crippen MR) is 66.7 cm³/mol. The summed E-state index contributed by atoms with van der Waals surface area (Å²) in [6, 6.07) is 4.17. The summed E-state index contributed by atoms with van der Waals surface area (Å²) >= 11 is 1.41. The Morgan fingerprint density at radius 3 is 2.59 bits per heavy atom. The Bertz CT molecular complexity index is 523. The Morgan fingerprint density at radius 1 is 1.41 bits per heavy atom. The minimum atomic E-state index is -0.958. The molecule has 1 N–H and O–H groups in total. The number of hydrogen-bond acceptors (Lipinski definition) is 3. The van der Waals surface area contributed by atoms with Crippen molar-refractivity contribution >= 4 is 17.3 Å². The van der Waals surface area contributed by atoms with Crippen molar-refractivity contribution in [3.05, 3.63) is 39.6 Å². The van der Waals surface area contributed by atoms with E-state index in [9.17, 15) is 4.79 Å². The number of carboxylic acids is 1. The smallest absolute Gasteiger partial charge is 0.355 e. The topological polar surface area (TPSA) is 55.1 Å². The summed E-state index contributed by atoms with van der Waals surface area (Å²) in [7, 11) is 0. The molecule has 2 rings (SSSR count). The summed E-state index contributed by atoms with van der Waals surface area (Å²) in [5.74, 6) is -0.958. The van der Waals surface area contributed by atoms with Crippen molar-refractivity contribution in [1.29, 1.82) is 0 Å². The third-order valence-electron chi connectivity index (χ3n) is 2.74. The van der Waals surface area contributed by atoms with Gasteiger partial charge in [0.05, 0.1) is 5.01 Å². The highest BCUT2D eigenvalue weighted by Crippen LogP contribution is 2.13. The minimum Gasteiger partial charge on any atom is -0.476 e. The van der Waals surface area contributed by atoms with Crippen molar-refractivity contribution in [2.75, 3.05) is 0 Å². The van der Waals surface area contributed by atoms with E-state index in [0.717, 1.165) is 18.0 Å². The second-order valence-electron chi connectivity index (χ2n) is 3.95. The molecule has 0 aromatic carbocycles. The number of nitrogens with zero attached hydrogens (tertiary/aromatic N) is 2. The molecule has 0 amide bonds. The Hall–Kier alpha value is -1.62. The molecule has 0 saturated heterocycles. The monoisotopic (exact) mass is 250 g/mol. The number of aryl methyl sites for hydroxylation is 3. The molecule has 5 heteroatoms. The van der Waals surface area contributed by atoms with E-state index in [4.69, 9.17) is 5.11 Å². The predicted octanol–water partition coefficient (Wildman–Crippen LogP) is 2.50. The molecule has 4 nitrogen and oxygen atoms in total. The highest BCUT2D eigenvalue weighted by Gasteiger charge is 2.09. The first-order valence-corrected chi connectivity index (χ1v) is 6.26. The molecule has 0 unspecified atom stereocenters. The second-order valence-corrected chi connectivity index (χ2v) is 4.89. The van der Waals surface area contributed by atoms with Crippen LogP contribution in [0.1, 0.15) is 26.9 Å². The maximum absolute atomic E-state index is 10.7. The number of aromatic nitrogens is 2. The number of rotatable bonds is 4. The Kier molecular flexibility index (Phi) is 3.28. The highest BCUT2D eigenvalue weighted by molar-refractivity contribution is 7.09. The number of carbonyl (C=O) groups is 1. The SMILES string of the molecule is Cc1ccc(C)n1CCc1nc(C(=O)O)cs1. The van der Waals surface area contributed by atoms with Gasteiger partial charge in [0.15, 0.2) is 5.69 Å². The van der Waals surface area contributed by atoms with E-state index in [1.807, 2.05) is 0 Å². The molecule has 2 heterocycles. The summed E-state index contributed by atoms with van der Waals surface area (Å²) in [6.45, 7) is 4.98. The standard InChI is InChI=1S/C12H14N2O2S/c1-8-3-4-9(2)14(8)6-5-11-13-10(7-17-11)12(15)16/h3-4,7H,5-6H2,1-2H3,(H,15,16). The van der Waals surface area contributed by atoms with Gasteiger partial charge in [-0.3, -0.25) is 0 Å². The lowest BCUT2D eigenvalue weighted by atomic mass is 10.4. The van der Waals surface area contributed by atoms with Crippen LogP contribution < -0.4 is 0 Å². The van der Waals surface area contributed by atoms with Gasteiger partial charge in [0, 0.05) is 29.7 Å². The lowest BCUT2D eigenvalue weighted by Gasteiger charge is -2.07. The Morgan fingerprint density at radius 2 is 2.06 bits per heavy atom. The first kappa shape index (κ1) is 11.9. The van der Waals surface area contributed by atoms with Crippen LogP contribution in [0.3, 0.4) is 0 Å². The van der Waals surface area contributed by atoms with E-state index < -0.39 is 5.97 Å². The van der Waals surface area contributed by atoms with E-state index in [1.165, 1.54) is 22.7 Å². The van der Waals surface area contributed by atoms with Crippen molar-refractivity contribution in [2.45, 2.75) is 26.8 Å².